The van der Waals surface area contributed by atoms with Crippen LogP contribution in [0.15, 0.2) is 41.3 Å². The van der Waals surface area contributed by atoms with Crippen LogP contribution in [0.3, 0.4) is 0 Å². The monoisotopic (exact) mass is 236 g/mol. The SMILES string of the molecule is CCOc1ccc2ccc(S(=O)O)cc2c1. The molecule has 0 aliphatic carbocycles. The van der Waals surface area contributed by atoms with Crippen molar-refractivity contribution in [3.05, 3.63) is 36.4 Å². The van der Waals surface area contributed by atoms with E-state index in [1.807, 2.05) is 31.2 Å². The van der Waals surface area contributed by atoms with Crippen LogP contribution >= 0.6 is 0 Å². The lowest BCUT2D eigenvalue weighted by molar-refractivity contribution is 0.341. The highest BCUT2D eigenvalue weighted by atomic mass is 32.2. The maximum Gasteiger partial charge on any atom is 0.186 e. The second kappa shape index (κ2) is 4.63. The molecular formula is C12H12O3S. The lowest BCUT2D eigenvalue weighted by atomic mass is 10.1. The Kier molecular flexibility index (Phi) is 3.22. The third-order valence-corrected chi connectivity index (χ3v) is 2.95. The average molecular weight is 236 g/mol. The predicted molar refractivity (Wildman–Crippen MR) is 64.2 cm³/mol. The molecule has 4 heteroatoms. The van der Waals surface area contributed by atoms with Crippen molar-refractivity contribution < 1.29 is 13.5 Å². The minimum atomic E-state index is -1.94. The third kappa shape index (κ3) is 2.23. The Morgan fingerprint density at radius 1 is 1.19 bits per heavy atom. The van der Waals surface area contributed by atoms with Crippen molar-refractivity contribution in [1.29, 1.82) is 0 Å². The lowest BCUT2D eigenvalue weighted by Gasteiger charge is -2.05. The molecule has 2 aromatic carbocycles. The molecule has 1 N–H and O–H groups in total. The maximum absolute atomic E-state index is 10.9. The van der Waals surface area contributed by atoms with Crippen LogP contribution in [0.4, 0.5) is 0 Å². The summed E-state index contributed by atoms with van der Waals surface area (Å²) in [6, 6.07) is 10.9. The zero-order valence-electron chi connectivity index (χ0n) is 8.84. The summed E-state index contributed by atoms with van der Waals surface area (Å²) in [5.41, 5.74) is 0. The van der Waals surface area contributed by atoms with Gasteiger partial charge in [-0.25, -0.2) is 4.21 Å². The normalized spacial score (nSPS) is 12.6. The van der Waals surface area contributed by atoms with E-state index in [9.17, 15) is 4.21 Å². The first-order valence-corrected chi connectivity index (χ1v) is 6.09. The van der Waals surface area contributed by atoms with Gasteiger partial charge in [0, 0.05) is 0 Å². The molecular weight excluding hydrogens is 224 g/mol. The highest BCUT2D eigenvalue weighted by Gasteiger charge is 2.02. The molecule has 84 valence electrons. The molecule has 16 heavy (non-hydrogen) atoms. The molecule has 0 amide bonds. The standard InChI is InChI=1S/C12H12O3S/c1-2-15-11-5-3-9-4-6-12(16(13)14)8-10(9)7-11/h3-8H,2H2,1H3,(H,13,14). The van der Waals surface area contributed by atoms with Gasteiger partial charge in [-0.2, -0.15) is 0 Å². The molecule has 2 aromatic rings. The van der Waals surface area contributed by atoms with Crippen molar-refractivity contribution in [2.24, 2.45) is 0 Å². The summed E-state index contributed by atoms with van der Waals surface area (Å²) in [6.45, 7) is 2.53. The van der Waals surface area contributed by atoms with Crippen LogP contribution in [-0.4, -0.2) is 15.4 Å². The van der Waals surface area contributed by atoms with Gasteiger partial charge in [0.25, 0.3) is 0 Å². The van der Waals surface area contributed by atoms with Crippen LogP contribution in [0.2, 0.25) is 0 Å². The van der Waals surface area contributed by atoms with Crippen molar-refractivity contribution in [2.45, 2.75) is 11.8 Å². The van der Waals surface area contributed by atoms with Crippen LogP contribution in [0.1, 0.15) is 6.92 Å². The van der Waals surface area contributed by atoms with Gasteiger partial charge in [-0.1, -0.05) is 12.1 Å². The van der Waals surface area contributed by atoms with Crippen molar-refractivity contribution in [3.8, 4) is 5.75 Å². The van der Waals surface area contributed by atoms with E-state index in [2.05, 4.69) is 0 Å². The van der Waals surface area contributed by atoms with Crippen LogP contribution in [0, 0.1) is 0 Å². The number of fused-ring (bicyclic) bond motifs is 1. The second-order valence-electron chi connectivity index (χ2n) is 3.35. The Bertz CT molecular complexity index is 537. The molecule has 0 saturated carbocycles. The molecule has 0 saturated heterocycles. The van der Waals surface area contributed by atoms with Crippen LogP contribution < -0.4 is 4.74 Å². The molecule has 2 rings (SSSR count). The van der Waals surface area contributed by atoms with Crippen LogP contribution in [0.5, 0.6) is 5.75 Å². The molecule has 0 bridgehead atoms. The Hall–Kier alpha value is -1.39. The van der Waals surface area contributed by atoms with Crippen molar-refractivity contribution in [2.75, 3.05) is 6.61 Å². The number of ether oxygens (including phenoxy) is 1. The maximum atomic E-state index is 10.9. The Morgan fingerprint density at radius 2 is 1.94 bits per heavy atom. The van der Waals surface area contributed by atoms with Crippen molar-refractivity contribution in [3.63, 3.8) is 0 Å². The van der Waals surface area contributed by atoms with E-state index < -0.39 is 11.1 Å². The Balaban J connectivity index is 2.52. The Morgan fingerprint density at radius 3 is 2.62 bits per heavy atom. The van der Waals surface area contributed by atoms with E-state index >= 15 is 0 Å². The summed E-state index contributed by atoms with van der Waals surface area (Å²) in [7, 11) is 0. The van der Waals surface area contributed by atoms with Gasteiger partial charge >= 0.3 is 0 Å². The fraction of sp³-hybridized carbons (Fsp3) is 0.167. The molecule has 3 nitrogen and oxygen atoms in total. The topological polar surface area (TPSA) is 46.5 Å². The zero-order chi connectivity index (χ0) is 11.5. The van der Waals surface area contributed by atoms with E-state index in [-0.39, 0.29) is 0 Å². The quantitative estimate of drug-likeness (QED) is 0.833. The van der Waals surface area contributed by atoms with Gasteiger partial charge in [0.1, 0.15) is 5.75 Å². The first-order valence-electron chi connectivity index (χ1n) is 4.98. The van der Waals surface area contributed by atoms with E-state index in [1.54, 1.807) is 12.1 Å². The number of hydrogen-bond donors (Lipinski definition) is 1. The van der Waals surface area contributed by atoms with Gasteiger partial charge in [0.05, 0.1) is 11.5 Å². The first kappa shape index (κ1) is 11.1. The molecule has 1 unspecified atom stereocenters. The number of benzene rings is 2. The molecule has 0 spiro atoms. The summed E-state index contributed by atoms with van der Waals surface area (Å²) in [5, 5.41) is 1.93. The molecule has 1 atom stereocenters. The van der Waals surface area contributed by atoms with E-state index in [0.29, 0.717) is 11.5 Å². The second-order valence-corrected chi connectivity index (χ2v) is 4.32. The fourth-order valence-electron chi connectivity index (χ4n) is 1.57. The van der Waals surface area contributed by atoms with Crippen molar-refractivity contribution in [1.82, 2.24) is 0 Å². The van der Waals surface area contributed by atoms with E-state index in [4.69, 9.17) is 9.29 Å². The summed E-state index contributed by atoms with van der Waals surface area (Å²) < 4.78 is 25.3. The number of rotatable bonds is 3. The molecule has 0 heterocycles. The fourth-order valence-corrected chi connectivity index (χ4v) is 1.98. The summed E-state index contributed by atoms with van der Waals surface area (Å²) in [5.74, 6) is 0.774. The van der Waals surface area contributed by atoms with Gasteiger partial charge in [-0.15, -0.1) is 0 Å². The smallest absolute Gasteiger partial charge is 0.186 e. The van der Waals surface area contributed by atoms with Gasteiger partial charge in [0.15, 0.2) is 11.1 Å². The zero-order valence-corrected chi connectivity index (χ0v) is 9.66. The predicted octanol–water partition coefficient (Wildman–Crippen LogP) is 2.82. The molecule has 0 radical (unpaired) electrons. The Labute approximate surface area is 96.3 Å². The highest BCUT2D eigenvalue weighted by molar-refractivity contribution is 7.79. The summed E-state index contributed by atoms with van der Waals surface area (Å²) >= 11 is -1.94. The molecule has 0 aromatic heterocycles. The molecule has 0 fully saturated rings. The lowest BCUT2D eigenvalue weighted by Crippen LogP contribution is -1.91. The van der Waals surface area contributed by atoms with Crippen LogP contribution in [0.25, 0.3) is 10.8 Å². The van der Waals surface area contributed by atoms with Gasteiger partial charge in [-0.3, -0.25) is 0 Å². The minimum Gasteiger partial charge on any atom is -0.494 e. The number of hydrogen-bond acceptors (Lipinski definition) is 2. The molecule has 0 aliphatic heterocycles. The van der Waals surface area contributed by atoms with Crippen molar-refractivity contribution >= 4 is 21.9 Å². The molecule has 0 aliphatic rings. The largest absolute Gasteiger partial charge is 0.494 e. The van der Waals surface area contributed by atoms with Crippen LogP contribution in [-0.2, 0) is 11.1 Å². The van der Waals surface area contributed by atoms with Gasteiger partial charge < -0.3 is 9.29 Å². The average Bonchev–Trinajstić information content (AvgIpc) is 2.28. The minimum absolute atomic E-state index is 0.404. The first-order chi connectivity index (χ1) is 7.70. The van der Waals surface area contributed by atoms with E-state index in [0.717, 1.165) is 16.5 Å². The highest BCUT2D eigenvalue weighted by Crippen LogP contribution is 2.23. The summed E-state index contributed by atoms with van der Waals surface area (Å²) in [4.78, 5) is 0.404. The summed E-state index contributed by atoms with van der Waals surface area (Å²) in [6.07, 6.45) is 0. The third-order valence-electron chi connectivity index (χ3n) is 2.30. The van der Waals surface area contributed by atoms with Gasteiger partial charge in [-0.05, 0) is 42.0 Å². The van der Waals surface area contributed by atoms with E-state index in [1.165, 1.54) is 0 Å². The van der Waals surface area contributed by atoms with Gasteiger partial charge in [0.2, 0.25) is 0 Å².